The summed E-state index contributed by atoms with van der Waals surface area (Å²) in [4.78, 5) is 29.5. The Morgan fingerprint density at radius 2 is 2.00 bits per heavy atom. The van der Waals surface area contributed by atoms with Crippen molar-refractivity contribution in [3.8, 4) is 0 Å². The number of nitrogens with zero attached hydrogens (tertiary/aromatic N) is 3. The molecule has 0 radical (unpaired) electrons. The number of hydrogen-bond donors (Lipinski definition) is 2. The predicted octanol–water partition coefficient (Wildman–Crippen LogP) is -1.32. The van der Waals surface area contributed by atoms with Crippen molar-refractivity contribution < 1.29 is 0 Å². The molecule has 2 rings (SSSR count). The fourth-order valence-corrected chi connectivity index (χ4v) is 1.67. The van der Waals surface area contributed by atoms with Crippen molar-refractivity contribution in [1.29, 1.82) is 0 Å². The van der Waals surface area contributed by atoms with Gasteiger partial charge in [0.1, 0.15) is 5.82 Å². The van der Waals surface area contributed by atoms with E-state index in [1.54, 1.807) is 25.7 Å². The lowest BCUT2D eigenvalue weighted by atomic mass is 10.5. The highest BCUT2D eigenvalue weighted by Gasteiger charge is 2.13. The molecule has 7 nitrogen and oxygen atoms in total. The molecule has 2 aromatic heterocycles. The average Bonchev–Trinajstić information content (AvgIpc) is 2.55. The second-order valence-corrected chi connectivity index (χ2v) is 3.61. The highest BCUT2D eigenvalue weighted by molar-refractivity contribution is 5.70. The predicted molar refractivity (Wildman–Crippen MR) is 59.3 cm³/mol. The molecule has 0 aliphatic carbocycles. The van der Waals surface area contributed by atoms with E-state index in [0.29, 0.717) is 23.5 Å². The zero-order valence-corrected chi connectivity index (χ0v) is 9.37. The number of aromatic amines is 1. The van der Waals surface area contributed by atoms with Crippen molar-refractivity contribution in [2.24, 2.45) is 14.1 Å². The van der Waals surface area contributed by atoms with Crippen molar-refractivity contribution in [2.75, 3.05) is 7.05 Å². The zero-order valence-electron chi connectivity index (χ0n) is 9.37. The first-order chi connectivity index (χ1) is 7.56. The molecular formula is C9H13N5O2. The van der Waals surface area contributed by atoms with Gasteiger partial charge in [0.05, 0.1) is 6.54 Å². The summed E-state index contributed by atoms with van der Waals surface area (Å²) in [6, 6.07) is 0. The number of nitrogens with one attached hydrogen (secondary N) is 2. The molecule has 0 fully saturated rings. The Morgan fingerprint density at radius 1 is 1.31 bits per heavy atom. The van der Waals surface area contributed by atoms with E-state index in [0.717, 1.165) is 0 Å². The molecule has 2 N–H and O–H groups in total. The van der Waals surface area contributed by atoms with E-state index >= 15 is 0 Å². The maximum Gasteiger partial charge on any atom is 0.329 e. The van der Waals surface area contributed by atoms with E-state index in [-0.39, 0.29) is 0 Å². The molecule has 86 valence electrons. The van der Waals surface area contributed by atoms with Gasteiger partial charge < -0.3 is 9.88 Å². The summed E-state index contributed by atoms with van der Waals surface area (Å²) >= 11 is 0. The van der Waals surface area contributed by atoms with Crippen molar-refractivity contribution in [2.45, 2.75) is 6.54 Å². The lowest BCUT2D eigenvalue weighted by Crippen LogP contribution is -2.29. The second kappa shape index (κ2) is 3.60. The van der Waals surface area contributed by atoms with Gasteiger partial charge in [-0.25, -0.2) is 9.78 Å². The summed E-state index contributed by atoms with van der Waals surface area (Å²) in [7, 11) is 5.13. The van der Waals surface area contributed by atoms with E-state index in [1.807, 2.05) is 0 Å². The minimum absolute atomic E-state index is 0.404. The van der Waals surface area contributed by atoms with Crippen LogP contribution in [-0.4, -0.2) is 26.1 Å². The lowest BCUT2D eigenvalue weighted by molar-refractivity contribution is 0.717. The van der Waals surface area contributed by atoms with Crippen LogP contribution in [0.15, 0.2) is 9.59 Å². The zero-order chi connectivity index (χ0) is 11.9. The average molecular weight is 223 g/mol. The third-order valence-corrected chi connectivity index (χ3v) is 2.56. The van der Waals surface area contributed by atoms with Gasteiger partial charge in [-0.3, -0.25) is 14.3 Å². The van der Waals surface area contributed by atoms with Gasteiger partial charge in [-0.05, 0) is 7.05 Å². The normalized spacial score (nSPS) is 11.2. The van der Waals surface area contributed by atoms with Crippen molar-refractivity contribution in [3.05, 3.63) is 26.7 Å². The van der Waals surface area contributed by atoms with Crippen LogP contribution in [0.25, 0.3) is 11.2 Å². The van der Waals surface area contributed by atoms with Gasteiger partial charge in [-0.15, -0.1) is 0 Å². The summed E-state index contributed by atoms with van der Waals surface area (Å²) in [6.45, 7) is 0.540. The van der Waals surface area contributed by atoms with E-state index in [1.165, 1.54) is 4.57 Å². The van der Waals surface area contributed by atoms with Crippen molar-refractivity contribution in [3.63, 3.8) is 0 Å². The standard InChI is InChI=1S/C9H13N5O2/c1-10-4-5-11-7-6(13(5)2)8(15)12-9(16)14(7)3/h10H,4H2,1-3H3,(H,12,15,16). The Morgan fingerprint density at radius 3 is 2.62 bits per heavy atom. The molecule has 0 spiro atoms. The van der Waals surface area contributed by atoms with E-state index in [4.69, 9.17) is 0 Å². The van der Waals surface area contributed by atoms with Crippen LogP contribution in [0, 0.1) is 0 Å². The molecule has 7 heteroatoms. The molecule has 0 amide bonds. The molecule has 2 aromatic rings. The van der Waals surface area contributed by atoms with Gasteiger partial charge in [-0.1, -0.05) is 0 Å². The Labute approximate surface area is 90.7 Å². The molecule has 0 aromatic carbocycles. The number of hydrogen-bond acceptors (Lipinski definition) is 4. The van der Waals surface area contributed by atoms with Gasteiger partial charge in [0.15, 0.2) is 11.2 Å². The SMILES string of the molecule is CNCc1nc2c(c(=O)[nH]c(=O)n2C)n1C. The minimum atomic E-state index is -0.452. The van der Waals surface area contributed by atoms with Gasteiger partial charge in [0, 0.05) is 14.1 Å². The summed E-state index contributed by atoms with van der Waals surface area (Å²) in [6.07, 6.45) is 0. The van der Waals surface area contributed by atoms with Gasteiger partial charge in [0.2, 0.25) is 0 Å². The third-order valence-electron chi connectivity index (χ3n) is 2.56. The molecule has 0 bridgehead atoms. The largest absolute Gasteiger partial charge is 0.329 e. The van der Waals surface area contributed by atoms with Gasteiger partial charge >= 0.3 is 5.69 Å². The quantitative estimate of drug-likeness (QED) is 0.661. The molecule has 0 aliphatic rings. The lowest BCUT2D eigenvalue weighted by Gasteiger charge is -1.99. The van der Waals surface area contributed by atoms with E-state index < -0.39 is 11.2 Å². The number of imidazole rings is 1. The number of aromatic nitrogens is 4. The molecule has 0 saturated carbocycles. The molecule has 0 atom stereocenters. The van der Waals surface area contributed by atoms with E-state index in [9.17, 15) is 9.59 Å². The van der Waals surface area contributed by atoms with Crippen LogP contribution in [0.5, 0.6) is 0 Å². The van der Waals surface area contributed by atoms with Crippen molar-refractivity contribution >= 4 is 11.2 Å². The Kier molecular flexibility index (Phi) is 2.39. The minimum Gasteiger partial charge on any atom is -0.324 e. The maximum atomic E-state index is 11.6. The van der Waals surface area contributed by atoms with E-state index in [2.05, 4.69) is 15.3 Å². The smallest absolute Gasteiger partial charge is 0.324 e. The summed E-state index contributed by atoms with van der Waals surface area (Å²) in [5.41, 5.74) is -0.0455. The van der Waals surface area contributed by atoms with Gasteiger partial charge in [-0.2, -0.15) is 0 Å². The molecule has 0 unspecified atom stereocenters. The molecule has 0 saturated heterocycles. The number of aryl methyl sites for hydroxylation is 2. The van der Waals surface area contributed by atoms with Crippen LogP contribution in [0.2, 0.25) is 0 Å². The molecule has 0 aliphatic heterocycles. The first-order valence-corrected chi connectivity index (χ1v) is 4.85. The number of H-pyrrole nitrogens is 1. The first kappa shape index (κ1) is 10.6. The van der Waals surface area contributed by atoms with Crippen LogP contribution in [-0.2, 0) is 20.6 Å². The van der Waals surface area contributed by atoms with Crippen LogP contribution in [0.3, 0.4) is 0 Å². The Bertz CT molecular complexity index is 648. The Balaban J connectivity index is 2.91. The summed E-state index contributed by atoms with van der Waals surface area (Å²) < 4.78 is 3.01. The van der Waals surface area contributed by atoms with Crippen LogP contribution in [0.1, 0.15) is 5.82 Å². The molecule has 2 heterocycles. The highest BCUT2D eigenvalue weighted by Crippen LogP contribution is 2.07. The van der Waals surface area contributed by atoms with Crippen LogP contribution in [0.4, 0.5) is 0 Å². The summed E-state index contributed by atoms with van der Waals surface area (Å²) in [5.74, 6) is 0.712. The first-order valence-electron chi connectivity index (χ1n) is 4.85. The molecule has 16 heavy (non-hydrogen) atoms. The number of fused-ring (bicyclic) bond motifs is 1. The fraction of sp³-hybridized carbons (Fsp3) is 0.444. The fourth-order valence-electron chi connectivity index (χ4n) is 1.67. The van der Waals surface area contributed by atoms with Gasteiger partial charge in [0.25, 0.3) is 5.56 Å². The van der Waals surface area contributed by atoms with Crippen LogP contribution >= 0.6 is 0 Å². The maximum absolute atomic E-state index is 11.6. The molecular weight excluding hydrogens is 210 g/mol. The summed E-state index contributed by atoms with van der Waals surface area (Å²) in [5, 5.41) is 2.96. The highest BCUT2D eigenvalue weighted by atomic mass is 16.2. The van der Waals surface area contributed by atoms with Crippen LogP contribution < -0.4 is 16.6 Å². The topological polar surface area (TPSA) is 84.7 Å². The van der Waals surface area contributed by atoms with Crippen molar-refractivity contribution in [1.82, 2.24) is 24.4 Å². The monoisotopic (exact) mass is 223 g/mol. The number of rotatable bonds is 2. The second-order valence-electron chi connectivity index (χ2n) is 3.61. The Hall–Kier alpha value is -1.89. The third kappa shape index (κ3) is 1.36.